The van der Waals surface area contributed by atoms with Crippen molar-refractivity contribution in [2.24, 2.45) is 5.92 Å². The number of aromatic nitrogens is 2. The third kappa shape index (κ3) is 2.55. The quantitative estimate of drug-likeness (QED) is 0.926. The van der Waals surface area contributed by atoms with Crippen molar-refractivity contribution in [2.75, 3.05) is 13.1 Å². The van der Waals surface area contributed by atoms with E-state index in [1.54, 1.807) is 0 Å². The van der Waals surface area contributed by atoms with E-state index in [0.29, 0.717) is 24.2 Å². The molecule has 1 amide bonds. The molecule has 1 aliphatic heterocycles. The number of hydrogen-bond donors (Lipinski definition) is 1. The van der Waals surface area contributed by atoms with Gasteiger partial charge in [0.2, 0.25) is 5.91 Å². The van der Waals surface area contributed by atoms with E-state index in [1.165, 1.54) is 11.3 Å². The van der Waals surface area contributed by atoms with Gasteiger partial charge in [0.1, 0.15) is 5.82 Å². The minimum Gasteiger partial charge on any atom is -0.389 e. The topological polar surface area (TPSA) is 66.3 Å². The number of carbonyl (C=O) groups is 1. The van der Waals surface area contributed by atoms with Crippen LogP contribution in [0.25, 0.3) is 0 Å². The number of nitrogens with zero attached hydrogens (tertiary/aromatic N) is 3. The average molecular weight is 315 g/mol. The van der Waals surface area contributed by atoms with Gasteiger partial charge in [0, 0.05) is 36.8 Å². The van der Waals surface area contributed by atoms with E-state index < -0.39 is 5.60 Å². The van der Waals surface area contributed by atoms with Gasteiger partial charge in [-0.1, -0.05) is 13.8 Å². The molecule has 2 heterocycles. The first kappa shape index (κ1) is 15.1. The van der Waals surface area contributed by atoms with Crippen LogP contribution in [0, 0.1) is 5.92 Å². The van der Waals surface area contributed by atoms with Crippen molar-refractivity contribution in [3.63, 3.8) is 0 Å². The van der Waals surface area contributed by atoms with Gasteiger partial charge in [-0.25, -0.2) is 9.97 Å². The molecule has 124 valence electrons. The molecule has 0 aromatic carbocycles. The zero-order valence-electron chi connectivity index (χ0n) is 14.0. The Bertz CT molecular complexity index is 639. The monoisotopic (exact) mass is 315 g/mol. The summed E-state index contributed by atoms with van der Waals surface area (Å²) in [4.78, 5) is 23.7. The minimum atomic E-state index is -0.720. The minimum absolute atomic E-state index is 0.114. The maximum Gasteiger partial charge on any atom is 0.225 e. The molecule has 5 nitrogen and oxygen atoms in total. The Balaban J connectivity index is 1.46. The summed E-state index contributed by atoms with van der Waals surface area (Å²) in [6.07, 6.45) is 5.81. The van der Waals surface area contributed by atoms with Gasteiger partial charge in [-0.2, -0.15) is 0 Å². The van der Waals surface area contributed by atoms with Gasteiger partial charge in [-0.05, 0) is 37.2 Å². The number of carbonyl (C=O) groups excluding carboxylic acids is 1. The van der Waals surface area contributed by atoms with E-state index in [9.17, 15) is 9.90 Å². The van der Waals surface area contributed by atoms with Gasteiger partial charge in [-0.15, -0.1) is 0 Å². The van der Waals surface area contributed by atoms with Crippen molar-refractivity contribution in [3.05, 3.63) is 23.3 Å². The molecule has 0 bridgehead atoms. The van der Waals surface area contributed by atoms with Crippen molar-refractivity contribution >= 4 is 5.91 Å². The van der Waals surface area contributed by atoms with Crippen LogP contribution >= 0.6 is 0 Å². The Morgan fingerprint density at radius 1 is 1.43 bits per heavy atom. The molecule has 2 unspecified atom stereocenters. The number of hydrogen-bond acceptors (Lipinski definition) is 4. The molecule has 0 spiro atoms. The molecular formula is C18H25N3O2. The van der Waals surface area contributed by atoms with Crippen LogP contribution in [0.1, 0.15) is 68.4 Å². The van der Waals surface area contributed by atoms with E-state index in [1.807, 2.05) is 11.1 Å². The summed E-state index contributed by atoms with van der Waals surface area (Å²) < 4.78 is 0. The van der Waals surface area contributed by atoms with Crippen LogP contribution < -0.4 is 0 Å². The Labute approximate surface area is 137 Å². The number of likely N-dealkylation sites (tertiary alicyclic amines) is 1. The third-order valence-corrected chi connectivity index (χ3v) is 5.85. The second kappa shape index (κ2) is 5.26. The first-order valence-corrected chi connectivity index (χ1v) is 8.81. The van der Waals surface area contributed by atoms with Gasteiger partial charge in [0.05, 0.1) is 12.0 Å². The Morgan fingerprint density at radius 3 is 2.87 bits per heavy atom. The lowest BCUT2D eigenvalue weighted by molar-refractivity contribution is -0.139. The highest BCUT2D eigenvalue weighted by Crippen LogP contribution is 2.43. The summed E-state index contributed by atoms with van der Waals surface area (Å²) in [7, 11) is 0. The second-order valence-electron chi connectivity index (χ2n) is 7.91. The highest BCUT2D eigenvalue weighted by Gasteiger charge is 2.44. The number of amides is 1. The van der Waals surface area contributed by atoms with Crippen molar-refractivity contribution in [1.82, 2.24) is 14.9 Å². The molecule has 1 saturated carbocycles. The second-order valence-corrected chi connectivity index (χ2v) is 7.91. The normalized spacial score (nSPS) is 27.7. The fourth-order valence-corrected chi connectivity index (χ4v) is 4.23. The van der Waals surface area contributed by atoms with Crippen LogP contribution in [0.15, 0.2) is 6.20 Å². The lowest BCUT2D eigenvalue weighted by Crippen LogP contribution is -2.43. The molecule has 1 aromatic heterocycles. The smallest absolute Gasteiger partial charge is 0.225 e. The third-order valence-electron chi connectivity index (χ3n) is 5.85. The van der Waals surface area contributed by atoms with Crippen LogP contribution in [-0.2, 0) is 11.2 Å². The zero-order chi connectivity index (χ0) is 16.2. The predicted octanol–water partition coefficient (Wildman–Crippen LogP) is 2.00. The Kier molecular flexibility index (Phi) is 3.45. The highest BCUT2D eigenvalue weighted by molar-refractivity contribution is 5.78. The van der Waals surface area contributed by atoms with Crippen molar-refractivity contribution < 1.29 is 9.90 Å². The number of rotatable bonds is 3. The van der Waals surface area contributed by atoms with E-state index in [2.05, 4.69) is 18.8 Å². The molecular weight excluding hydrogens is 290 g/mol. The molecule has 2 fully saturated rings. The van der Waals surface area contributed by atoms with Crippen molar-refractivity contribution in [1.29, 1.82) is 0 Å². The summed E-state index contributed by atoms with van der Waals surface area (Å²) >= 11 is 0. The maximum atomic E-state index is 12.5. The molecule has 5 heteroatoms. The Hall–Kier alpha value is -1.49. The summed E-state index contributed by atoms with van der Waals surface area (Å²) in [5.41, 5.74) is 1.70. The van der Waals surface area contributed by atoms with Crippen LogP contribution in [0.4, 0.5) is 0 Å². The molecule has 4 rings (SSSR count). The first-order valence-electron chi connectivity index (χ1n) is 8.81. The SMILES string of the molecule is CC(C)c1ncc2c(n1)CC1CN(C(=O)CC3(O)CCC3)CC21. The van der Waals surface area contributed by atoms with E-state index >= 15 is 0 Å². The predicted molar refractivity (Wildman–Crippen MR) is 86.1 cm³/mol. The molecule has 2 atom stereocenters. The van der Waals surface area contributed by atoms with Crippen LogP contribution in [0.2, 0.25) is 0 Å². The molecule has 1 aromatic rings. The molecule has 1 N–H and O–H groups in total. The summed E-state index contributed by atoms with van der Waals surface area (Å²) in [5, 5.41) is 10.2. The Morgan fingerprint density at radius 2 is 2.22 bits per heavy atom. The fraction of sp³-hybridized carbons (Fsp3) is 0.722. The van der Waals surface area contributed by atoms with E-state index in [-0.39, 0.29) is 5.91 Å². The average Bonchev–Trinajstić information content (AvgIpc) is 3.02. The van der Waals surface area contributed by atoms with E-state index in [0.717, 1.165) is 44.6 Å². The van der Waals surface area contributed by atoms with Gasteiger partial charge in [0.15, 0.2) is 0 Å². The fourth-order valence-electron chi connectivity index (χ4n) is 4.23. The largest absolute Gasteiger partial charge is 0.389 e. The van der Waals surface area contributed by atoms with Gasteiger partial charge in [-0.3, -0.25) is 4.79 Å². The van der Waals surface area contributed by atoms with E-state index in [4.69, 9.17) is 4.98 Å². The molecule has 1 saturated heterocycles. The number of fused-ring (bicyclic) bond motifs is 3. The van der Waals surface area contributed by atoms with Crippen LogP contribution in [0.3, 0.4) is 0 Å². The lowest BCUT2D eigenvalue weighted by Gasteiger charge is -2.37. The standard InChI is InChI=1S/C18H25N3O2/c1-11(2)17-19-8-13-14-10-21(9-12(14)6-15(13)20-17)16(22)7-18(23)4-3-5-18/h8,11-12,14,23H,3-7,9-10H2,1-2H3. The zero-order valence-corrected chi connectivity index (χ0v) is 14.0. The van der Waals surface area contributed by atoms with Crippen molar-refractivity contribution in [2.45, 2.75) is 63.4 Å². The first-order chi connectivity index (χ1) is 11.0. The van der Waals surface area contributed by atoms with Gasteiger partial charge < -0.3 is 10.0 Å². The summed E-state index contributed by atoms with van der Waals surface area (Å²) in [6, 6.07) is 0. The number of aliphatic hydroxyl groups is 1. The molecule has 23 heavy (non-hydrogen) atoms. The van der Waals surface area contributed by atoms with Gasteiger partial charge in [0.25, 0.3) is 0 Å². The van der Waals surface area contributed by atoms with Crippen LogP contribution in [-0.4, -0.2) is 44.6 Å². The van der Waals surface area contributed by atoms with Crippen LogP contribution in [0.5, 0.6) is 0 Å². The maximum absolute atomic E-state index is 12.5. The molecule has 3 aliphatic rings. The highest BCUT2D eigenvalue weighted by atomic mass is 16.3. The summed E-state index contributed by atoms with van der Waals surface area (Å²) in [5.74, 6) is 2.24. The molecule has 2 aliphatic carbocycles. The summed E-state index contributed by atoms with van der Waals surface area (Å²) in [6.45, 7) is 5.79. The van der Waals surface area contributed by atoms with Crippen molar-refractivity contribution in [3.8, 4) is 0 Å². The van der Waals surface area contributed by atoms with Gasteiger partial charge >= 0.3 is 0 Å². The molecule has 0 radical (unpaired) electrons. The lowest BCUT2D eigenvalue weighted by atomic mass is 9.77.